The summed E-state index contributed by atoms with van der Waals surface area (Å²) in [5, 5.41) is 1.29. The third kappa shape index (κ3) is 6.11. The number of ether oxygens (including phenoxy) is 1. The number of carbonyl (C=O) groups is 1. The number of carbonyl (C=O) groups excluding carboxylic acids is 1. The van der Waals surface area contributed by atoms with Gasteiger partial charge in [0.1, 0.15) is 0 Å². The van der Waals surface area contributed by atoms with Gasteiger partial charge in [-0.25, -0.2) is 0 Å². The van der Waals surface area contributed by atoms with Crippen molar-refractivity contribution in [3.8, 4) is 5.75 Å². The van der Waals surface area contributed by atoms with Gasteiger partial charge in [-0.15, -0.1) is 0 Å². The Balaban J connectivity index is 2.52. The Morgan fingerprint density at radius 3 is 2.84 bits per heavy atom. The zero-order valence-corrected chi connectivity index (χ0v) is 13.6. The van der Waals surface area contributed by atoms with Gasteiger partial charge in [0.05, 0.1) is 0 Å². The Morgan fingerprint density at radius 2 is 2.21 bits per heavy atom. The Labute approximate surface area is 122 Å². The summed E-state index contributed by atoms with van der Waals surface area (Å²) in [6.45, 7) is 9.06. The molecule has 0 saturated heterocycles. The van der Waals surface area contributed by atoms with Crippen molar-refractivity contribution in [2.75, 3.05) is 6.61 Å². The molecule has 0 aliphatic heterocycles. The van der Waals surface area contributed by atoms with Crippen molar-refractivity contribution in [2.24, 2.45) is 0 Å². The van der Waals surface area contributed by atoms with Crippen molar-refractivity contribution < 1.29 is 9.53 Å². The number of rotatable bonds is 9. The molecule has 1 radical (unpaired) electrons. The monoisotopic (exact) mass is 321 g/mol. The van der Waals surface area contributed by atoms with Gasteiger partial charge in [-0.3, -0.25) is 0 Å². The molecule has 0 saturated carbocycles. The summed E-state index contributed by atoms with van der Waals surface area (Å²) in [6.07, 6.45) is 4.54. The van der Waals surface area contributed by atoms with E-state index >= 15 is 0 Å². The summed E-state index contributed by atoms with van der Waals surface area (Å²) in [5.41, 5.74) is 1.73. The van der Waals surface area contributed by atoms with E-state index in [2.05, 4.69) is 20.4 Å². The minimum absolute atomic E-state index is 0.454. The number of allylic oxidation sites excluding steroid dienone is 1. The van der Waals surface area contributed by atoms with Crippen molar-refractivity contribution in [3.05, 3.63) is 42.0 Å². The molecule has 0 aromatic heterocycles. The minimum atomic E-state index is 0.454. The molecule has 0 fully saturated rings. The molecule has 0 amide bonds. The Hall–Kier alpha value is -1.01. The van der Waals surface area contributed by atoms with Crippen LogP contribution in [0.25, 0.3) is 0 Å². The molecule has 0 spiro atoms. The van der Waals surface area contributed by atoms with Crippen molar-refractivity contribution >= 4 is 22.0 Å². The summed E-state index contributed by atoms with van der Waals surface area (Å²) >= 11 is 0.454. The molecule has 1 aromatic rings. The van der Waals surface area contributed by atoms with Gasteiger partial charge in [-0.1, -0.05) is 0 Å². The summed E-state index contributed by atoms with van der Waals surface area (Å²) in [6, 6.07) is 5.57. The average molecular weight is 321 g/mol. The van der Waals surface area contributed by atoms with Crippen molar-refractivity contribution in [3.63, 3.8) is 0 Å². The first kappa shape index (κ1) is 16.0. The van der Waals surface area contributed by atoms with E-state index in [4.69, 9.17) is 4.74 Å². The number of hydrogen-bond acceptors (Lipinski definition) is 2. The van der Waals surface area contributed by atoms with Gasteiger partial charge in [0.25, 0.3) is 0 Å². The van der Waals surface area contributed by atoms with E-state index in [1.54, 1.807) is 6.07 Å². The van der Waals surface area contributed by atoms with Gasteiger partial charge < -0.3 is 0 Å². The fourth-order valence-electron chi connectivity index (χ4n) is 1.72. The molecule has 0 aliphatic rings. The first-order chi connectivity index (χ1) is 9.17. The summed E-state index contributed by atoms with van der Waals surface area (Å²) in [4.78, 5) is 10.8. The van der Waals surface area contributed by atoms with Gasteiger partial charge in [-0.05, 0) is 0 Å². The van der Waals surface area contributed by atoms with E-state index in [9.17, 15) is 4.79 Å². The van der Waals surface area contributed by atoms with Gasteiger partial charge in [0.2, 0.25) is 0 Å². The molecular weight excluding hydrogens is 299 g/mol. The van der Waals surface area contributed by atoms with Crippen LogP contribution in [0.5, 0.6) is 5.75 Å². The van der Waals surface area contributed by atoms with Crippen LogP contribution < -0.4 is 4.74 Å². The second kappa shape index (κ2) is 8.98. The average Bonchev–Trinajstić information content (AvgIpc) is 2.39. The van der Waals surface area contributed by atoms with Crippen LogP contribution in [-0.2, 0) is 6.42 Å². The van der Waals surface area contributed by atoms with Crippen LogP contribution in [0.4, 0.5) is 0 Å². The standard InChI is InChI=1S/C16H22AsO2/c1-4-6-15-11-14(12-18)7-8-16(15)19-10-5-9-17-13(2)3/h4,7-8,11-13H,1,5-6,9-10H2,2-3H3. The van der Waals surface area contributed by atoms with Crippen LogP contribution in [0.15, 0.2) is 30.9 Å². The molecule has 0 N–H and O–H groups in total. The molecule has 1 rings (SSSR count). The fourth-order valence-corrected chi connectivity index (χ4v) is 3.46. The van der Waals surface area contributed by atoms with Crippen molar-refractivity contribution in [1.82, 2.24) is 0 Å². The third-order valence-corrected chi connectivity index (χ3v) is 5.38. The van der Waals surface area contributed by atoms with Gasteiger partial charge in [0.15, 0.2) is 0 Å². The fraction of sp³-hybridized carbons (Fsp3) is 0.438. The van der Waals surface area contributed by atoms with Crippen LogP contribution in [0.3, 0.4) is 0 Å². The molecule has 103 valence electrons. The summed E-state index contributed by atoms with van der Waals surface area (Å²) in [5.74, 6) is 0.881. The Morgan fingerprint density at radius 1 is 1.42 bits per heavy atom. The van der Waals surface area contributed by atoms with Crippen LogP contribution in [0, 0.1) is 0 Å². The normalized spacial score (nSPS) is 11.1. The van der Waals surface area contributed by atoms with Crippen LogP contribution in [-0.4, -0.2) is 28.6 Å². The maximum atomic E-state index is 10.8. The first-order valence-corrected chi connectivity index (χ1v) is 9.06. The third-order valence-electron chi connectivity index (χ3n) is 2.64. The van der Waals surface area contributed by atoms with E-state index in [-0.39, 0.29) is 0 Å². The van der Waals surface area contributed by atoms with Crippen LogP contribution in [0.1, 0.15) is 36.2 Å². The first-order valence-electron chi connectivity index (χ1n) is 6.65. The number of aldehydes is 1. The quantitative estimate of drug-likeness (QED) is 0.298. The molecule has 0 atom stereocenters. The summed E-state index contributed by atoms with van der Waals surface area (Å²) < 4.78 is 6.67. The van der Waals surface area contributed by atoms with E-state index in [0.29, 0.717) is 21.3 Å². The van der Waals surface area contributed by atoms with Crippen molar-refractivity contribution in [2.45, 2.75) is 36.6 Å². The predicted molar refractivity (Wildman–Crippen MR) is 81.5 cm³/mol. The van der Waals surface area contributed by atoms with Crippen LogP contribution >= 0.6 is 0 Å². The Kier molecular flexibility index (Phi) is 7.58. The second-order valence-corrected chi connectivity index (χ2v) is 8.55. The summed E-state index contributed by atoms with van der Waals surface area (Å²) in [7, 11) is 0. The SMILES string of the molecule is C=CCc1cc(C=O)ccc1OCCC[As]C(C)C. The zero-order valence-electron chi connectivity index (χ0n) is 11.8. The van der Waals surface area contributed by atoms with Gasteiger partial charge in [-0.2, -0.15) is 0 Å². The van der Waals surface area contributed by atoms with Gasteiger partial charge >= 0.3 is 123 Å². The molecule has 0 heterocycles. The van der Waals surface area contributed by atoms with Gasteiger partial charge in [0, 0.05) is 0 Å². The zero-order chi connectivity index (χ0) is 14.1. The molecule has 1 aromatic carbocycles. The molecule has 0 unspecified atom stereocenters. The van der Waals surface area contributed by atoms with Crippen LogP contribution in [0.2, 0.25) is 9.91 Å². The predicted octanol–water partition coefficient (Wildman–Crippen LogP) is 3.95. The molecule has 0 bridgehead atoms. The molecule has 0 aliphatic carbocycles. The molecular formula is C16H22AsO2. The number of benzene rings is 1. The topological polar surface area (TPSA) is 26.3 Å². The maximum absolute atomic E-state index is 10.8. The molecule has 3 heteroatoms. The van der Waals surface area contributed by atoms with Crippen molar-refractivity contribution in [1.29, 1.82) is 0 Å². The molecule has 19 heavy (non-hydrogen) atoms. The molecule has 2 nitrogen and oxygen atoms in total. The van der Waals surface area contributed by atoms with E-state index in [0.717, 1.165) is 41.8 Å². The van der Waals surface area contributed by atoms with E-state index in [1.807, 2.05) is 18.2 Å². The van der Waals surface area contributed by atoms with E-state index in [1.165, 1.54) is 5.21 Å². The Bertz CT molecular complexity index is 413. The number of hydrogen-bond donors (Lipinski definition) is 0. The van der Waals surface area contributed by atoms with E-state index < -0.39 is 0 Å². The second-order valence-electron chi connectivity index (χ2n) is 4.68.